The van der Waals surface area contributed by atoms with E-state index in [4.69, 9.17) is 4.42 Å². The molecule has 0 unspecified atom stereocenters. The zero-order valence-electron chi connectivity index (χ0n) is 6.99. The maximum atomic E-state index is 5.39. The Kier molecular flexibility index (Phi) is 1.75. The van der Waals surface area contributed by atoms with E-state index in [1.54, 1.807) is 0 Å². The van der Waals surface area contributed by atoms with Crippen molar-refractivity contribution < 1.29 is 4.42 Å². The van der Waals surface area contributed by atoms with Crippen molar-refractivity contribution >= 4 is 0 Å². The molecule has 1 nitrogen and oxygen atoms in total. The molecule has 0 aromatic carbocycles. The molecule has 0 amide bonds. The van der Waals surface area contributed by atoms with Gasteiger partial charge in [0, 0.05) is 6.07 Å². The van der Waals surface area contributed by atoms with E-state index in [1.807, 2.05) is 13.8 Å². The minimum atomic E-state index is 0.987. The largest absolute Gasteiger partial charge is 0.329 e. The molecule has 0 aliphatic rings. The average molecular weight is 137 g/mol. The van der Waals surface area contributed by atoms with Crippen molar-refractivity contribution in [1.82, 2.24) is 0 Å². The van der Waals surface area contributed by atoms with Crippen LogP contribution in [0.4, 0.5) is 0 Å². The van der Waals surface area contributed by atoms with Gasteiger partial charge < -0.3 is 0 Å². The summed E-state index contributed by atoms with van der Waals surface area (Å²) in [4.78, 5) is 0. The highest BCUT2D eigenvalue weighted by Crippen LogP contribution is 2.13. The minimum absolute atomic E-state index is 0.987. The first kappa shape index (κ1) is 7.26. The molecule has 0 N–H and O–H groups in total. The molecule has 0 bridgehead atoms. The highest BCUT2D eigenvalue weighted by atomic mass is 16.3. The fraction of sp³-hybridized carbons (Fsp3) is 0.444. The Morgan fingerprint density at radius 3 is 2.20 bits per heavy atom. The Hall–Kier alpha value is -0.850. The molecule has 1 rings (SSSR count). The Balaban J connectivity index is 3.31. The van der Waals surface area contributed by atoms with Crippen LogP contribution in [-0.4, -0.2) is 0 Å². The summed E-state index contributed by atoms with van der Waals surface area (Å²) in [6.07, 6.45) is 0. The summed E-state index contributed by atoms with van der Waals surface area (Å²) in [5.41, 5.74) is 2.56. The summed E-state index contributed by atoms with van der Waals surface area (Å²) >= 11 is 0. The van der Waals surface area contributed by atoms with Gasteiger partial charge in [-0.3, -0.25) is 0 Å². The third kappa shape index (κ3) is 1.18. The molecule has 0 aliphatic carbocycles. The maximum Gasteiger partial charge on any atom is 0.329 e. The molecular weight excluding hydrogens is 124 g/mol. The third-order valence-corrected chi connectivity index (χ3v) is 1.85. The summed E-state index contributed by atoms with van der Waals surface area (Å²) in [6.45, 7) is 8.15. The SMILES string of the molecule is Cc1cc(C)c(C)c(C)[o+]1. The lowest BCUT2D eigenvalue weighted by molar-refractivity contribution is 0.480. The van der Waals surface area contributed by atoms with Crippen molar-refractivity contribution in [1.29, 1.82) is 0 Å². The molecule has 1 heterocycles. The smallest absolute Gasteiger partial charge is 0.218 e. The van der Waals surface area contributed by atoms with Crippen LogP contribution in [0.15, 0.2) is 10.5 Å². The Morgan fingerprint density at radius 1 is 1.10 bits per heavy atom. The number of hydrogen-bond donors (Lipinski definition) is 0. The lowest BCUT2D eigenvalue weighted by atomic mass is 10.1. The topological polar surface area (TPSA) is 11.3 Å². The second-order valence-electron chi connectivity index (χ2n) is 2.72. The van der Waals surface area contributed by atoms with Gasteiger partial charge in [0.2, 0.25) is 0 Å². The van der Waals surface area contributed by atoms with Gasteiger partial charge in [-0.2, -0.15) is 0 Å². The molecule has 0 saturated carbocycles. The molecule has 1 aromatic rings. The van der Waals surface area contributed by atoms with E-state index in [0.29, 0.717) is 0 Å². The fourth-order valence-corrected chi connectivity index (χ4v) is 1.04. The van der Waals surface area contributed by atoms with Gasteiger partial charge in [-0.15, -0.1) is 0 Å². The van der Waals surface area contributed by atoms with E-state index < -0.39 is 0 Å². The molecule has 10 heavy (non-hydrogen) atoms. The zero-order chi connectivity index (χ0) is 7.72. The molecular formula is C9H13O+. The van der Waals surface area contributed by atoms with Crippen LogP contribution in [0.5, 0.6) is 0 Å². The third-order valence-electron chi connectivity index (χ3n) is 1.85. The van der Waals surface area contributed by atoms with Gasteiger partial charge in [0.1, 0.15) is 0 Å². The van der Waals surface area contributed by atoms with Gasteiger partial charge in [0.05, 0.1) is 19.4 Å². The van der Waals surface area contributed by atoms with Crippen LogP contribution >= 0.6 is 0 Å². The van der Waals surface area contributed by atoms with E-state index in [1.165, 1.54) is 11.1 Å². The summed E-state index contributed by atoms with van der Waals surface area (Å²) < 4.78 is 5.39. The standard InChI is InChI=1S/C9H13O/c1-6-5-7(2)10-9(4)8(6)3/h5H,1-4H3/q+1. The average Bonchev–Trinajstić information content (AvgIpc) is 1.82. The molecule has 0 radical (unpaired) electrons. The molecule has 0 saturated heterocycles. The molecule has 0 fully saturated rings. The van der Waals surface area contributed by atoms with Crippen LogP contribution in [-0.2, 0) is 0 Å². The molecule has 54 valence electrons. The van der Waals surface area contributed by atoms with Gasteiger partial charge in [0.15, 0.2) is 0 Å². The maximum absolute atomic E-state index is 5.39. The summed E-state index contributed by atoms with van der Waals surface area (Å²) in [7, 11) is 0. The first-order valence-corrected chi connectivity index (χ1v) is 3.49. The molecule has 0 atom stereocenters. The summed E-state index contributed by atoms with van der Waals surface area (Å²) in [5, 5.41) is 0. The first-order valence-electron chi connectivity index (χ1n) is 3.49. The van der Waals surface area contributed by atoms with Crippen LogP contribution in [0.2, 0.25) is 0 Å². The minimum Gasteiger partial charge on any atom is -0.218 e. The van der Waals surface area contributed by atoms with Gasteiger partial charge in [0.25, 0.3) is 0 Å². The van der Waals surface area contributed by atoms with Crippen LogP contribution in [0, 0.1) is 27.7 Å². The van der Waals surface area contributed by atoms with Gasteiger partial charge in [-0.05, 0) is 19.4 Å². The fourth-order valence-electron chi connectivity index (χ4n) is 1.04. The van der Waals surface area contributed by atoms with Gasteiger partial charge in [-0.25, -0.2) is 4.42 Å². The van der Waals surface area contributed by atoms with Crippen LogP contribution in [0.3, 0.4) is 0 Å². The quantitative estimate of drug-likeness (QED) is 0.500. The second-order valence-corrected chi connectivity index (χ2v) is 2.72. The monoisotopic (exact) mass is 137 g/mol. The highest BCUT2D eigenvalue weighted by molar-refractivity contribution is 5.26. The van der Waals surface area contributed by atoms with Crippen molar-refractivity contribution in [3.05, 3.63) is 28.7 Å². The van der Waals surface area contributed by atoms with E-state index in [9.17, 15) is 0 Å². The summed E-state index contributed by atoms with van der Waals surface area (Å²) in [6, 6.07) is 2.06. The Labute approximate surface area is 61.7 Å². The lowest BCUT2D eigenvalue weighted by Crippen LogP contribution is -1.86. The van der Waals surface area contributed by atoms with E-state index in [2.05, 4.69) is 19.9 Å². The van der Waals surface area contributed by atoms with Crippen LogP contribution in [0.25, 0.3) is 0 Å². The van der Waals surface area contributed by atoms with Crippen LogP contribution < -0.4 is 0 Å². The second kappa shape index (κ2) is 2.41. The van der Waals surface area contributed by atoms with Gasteiger partial charge in [-0.1, -0.05) is 0 Å². The molecule has 1 aromatic heterocycles. The van der Waals surface area contributed by atoms with Crippen LogP contribution in [0.1, 0.15) is 22.6 Å². The Morgan fingerprint density at radius 2 is 1.70 bits per heavy atom. The van der Waals surface area contributed by atoms with E-state index >= 15 is 0 Å². The lowest BCUT2D eigenvalue weighted by Gasteiger charge is -1.93. The van der Waals surface area contributed by atoms with E-state index in [-0.39, 0.29) is 0 Å². The summed E-state index contributed by atoms with van der Waals surface area (Å²) in [5.74, 6) is 2.01. The van der Waals surface area contributed by atoms with E-state index in [0.717, 1.165) is 11.5 Å². The van der Waals surface area contributed by atoms with Crippen molar-refractivity contribution in [2.45, 2.75) is 27.7 Å². The van der Waals surface area contributed by atoms with Crippen molar-refractivity contribution in [2.24, 2.45) is 0 Å². The number of aryl methyl sites for hydroxylation is 3. The predicted molar refractivity (Wildman–Crippen MR) is 42.1 cm³/mol. The van der Waals surface area contributed by atoms with Crippen molar-refractivity contribution in [3.8, 4) is 0 Å². The van der Waals surface area contributed by atoms with Crippen molar-refractivity contribution in [2.75, 3.05) is 0 Å². The normalized spacial score (nSPS) is 10.0. The predicted octanol–water partition coefficient (Wildman–Crippen LogP) is 2.79. The van der Waals surface area contributed by atoms with Gasteiger partial charge >= 0.3 is 11.5 Å². The molecule has 0 aliphatic heterocycles. The number of hydrogen-bond acceptors (Lipinski definition) is 0. The molecule has 0 spiro atoms. The van der Waals surface area contributed by atoms with Crippen molar-refractivity contribution in [3.63, 3.8) is 0 Å². The molecule has 1 heteroatoms. The first-order chi connectivity index (χ1) is 4.61. The highest BCUT2D eigenvalue weighted by Gasteiger charge is 2.10. The Bertz CT molecular complexity index is 228. The zero-order valence-corrected chi connectivity index (χ0v) is 6.99. The number of rotatable bonds is 0.